The molecule has 0 aliphatic carbocycles. The molecule has 0 aliphatic rings. The van der Waals surface area contributed by atoms with E-state index in [9.17, 15) is 14.4 Å². The van der Waals surface area contributed by atoms with Gasteiger partial charge in [0.2, 0.25) is 0 Å². The van der Waals surface area contributed by atoms with Crippen molar-refractivity contribution < 1.29 is 28.6 Å². The number of esters is 3. The number of unbranched alkanes of at least 4 members (excludes halogenated alkanes) is 30. The molecule has 0 heterocycles. The molecule has 1 atom stereocenters. The average molecular weight is 841 g/mol. The lowest BCUT2D eigenvalue weighted by atomic mass is 10.0. The highest BCUT2D eigenvalue weighted by Gasteiger charge is 2.19. The zero-order chi connectivity index (χ0) is 43.7. The Morgan fingerprint density at radius 1 is 0.350 bits per heavy atom. The normalized spacial score (nSPS) is 12.4. The fraction of sp³-hybridized carbons (Fsp3) is 0.796. The summed E-state index contributed by atoms with van der Waals surface area (Å²) in [6, 6.07) is 0. The van der Waals surface area contributed by atoms with Gasteiger partial charge in [0.1, 0.15) is 13.2 Å². The Bertz CT molecular complexity index is 1060. The molecule has 0 aromatic rings. The molecular weight excluding hydrogens is 745 g/mol. The summed E-state index contributed by atoms with van der Waals surface area (Å²) in [5.74, 6) is -0.897. The number of carbonyl (C=O) groups is 3. The SMILES string of the molecule is CC\C=C/C=C\C=C/C=C\CCCCCCCC(=O)OC(COC(=O)CCCCCCCCCCC)COC(=O)CCCCCCCCCCCCCCCCCCCC. The molecule has 0 spiro atoms. The Balaban J connectivity index is 4.31. The van der Waals surface area contributed by atoms with Crippen LogP contribution in [-0.4, -0.2) is 37.2 Å². The minimum atomic E-state index is -0.780. The Labute approximate surface area is 371 Å². The van der Waals surface area contributed by atoms with Crippen LogP contribution in [0.3, 0.4) is 0 Å². The van der Waals surface area contributed by atoms with Crippen LogP contribution in [0.1, 0.15) is 258 Å². The molecule has 0 amide bonds. The largest absolute Gasteiger partial charge is 0.462 e. The van der Waals surface area contributed by atoms with Crippen LogP contribution in [0.5, 0.6) is 0 Å². The Hall–Kier alpha value is -2.63. The minimum Gasteiger partial charge on any atom is -0.462 e. The van der Waals surface area contributed by atoms with Crippen molar-refractivity contribution in [2.24, 2.45) is 0 Å². The Morgan fingerprint density at radius 2 is 0.650 bits per heavy atom. The second-order valence-electron chi connectivity index (χ2n) is 17.2. The average Bonchev–Trinajstić information content (AvgIpc) is 3.24. The van der Waals surface area contributed by atoms with Gasteiger partial charge in [-0.1, -0.05) is 249 Å². The molecule has 348 valence electrons. The highest BCUT2D eigenvalue weighted by Crippen LogP contribution is 2.16. The van der Waals surface area contributed by atoms with E-state index in [-0.39, 0.29) is 31.1 Å². The fourth-order valence-electron chi connectivity index (χ4n) is 7.34. The van der Waals surface area contributed by atoms with E-state index in [1.165, 1.54) is 135 Å². The third kappa shape index (κ3) is 46.4. The maximum Gasteiger partial charge on any atom is 0.306 e. The zero-order valence-electron chi connectivity index (χ0n) is 39.7. The first-order chi connectivity index (χ1) is 29.5. The molecular formula is C54H96O6. The van der Waals surface area contributed by atoms with Crippen molar-refractivity contribution in [3.8, 4) is 0 Å². The summed E-state index contributed by atoms with van der Waals surface area (Å²) in [6.07, 6.45) is 58.1. The van der Waals surface area contributed by atoms with E-state index < -0.39 is 6.10 Å². The van der Waals surface area contributed by atoms with Gasteiger partial charge in [-0.05, 0) is 38.5 Å². The lowest BCUT2D eigenvalue weighted by molar-refractivity contribution is -0.167. The highest BCUT2D eigenvalue weighted by molar-refractivity contribution is 5.71. The monoisotopic (exact) mass is 841 g/mol. The van der Waals surface area contributed by atoms with Gasteiger partial charge in [0.05, 0.1) is 0 Å². The van der Waals surface area contributed by atoms with Crippen LogP contribution in [0.4, 0.5) is 0 Å². The maximum absolute atomic E-state index is 12.8. The predicted octanol–water partition coefficient (Wildman–Crippen LogP) is 16.7. The van der Waals surface area contributed by atoms with Gasteiger partial charge < -0.3 is 14.2 Å². The van der Waals surface area contributed by atoms with E-state index in [1.807, 2.05) is 18.2 Å². The van der Waals surface area contributed by atoms with E-state index in [2.05, 4.69) is 51.2 Å². The van der Waals surface area contributed by atoms with Crippen molar-refractivity contribution >= 4 is 17.9 Å². The summed E-state index contributed by atoms with van der Waals surface area (Å²) in [6.45, 7) is 6.48. The van der Waals surface area contributed by atoms with Crippen molar-refractivity contribution in [1.82, 2.24) is 0 Å². The summed E-state index contributed by atoms with van der Waals surface area (Å²) in [4.78, 5) is 37.9. The van der Waals surface area contributed by atoms with Gasteiger partial charge in [0, 0.05) is 19.3 Å². The third-order valence-electron chi connectivity index (χ3n) is 11.2. The summed E-state index contributed by atoms with van der Waals surface area (Å²) in [5.41, 5.74) is 0. The molecule has 0 fully saturated rings. The summed E-state index contributed by atoms with van der Waals surface area (Å²) >= 11 is 0. The van der Waals surface area contributed by atoms with E-state index in [0.717, 1.165) is 83.5 Å². The van der Waals surface area contributed by atoms with Gasteiger partial charge in [-0.2, -0.15) is 0 Å². The Kier molecular flexibility index (Phi) is 46.9. The second kappa shape index (κ2) is 49.0. The predicted molar refractivity (Wildman–Crippen MR) is 256 cm³/mol. The highest BCUT2D eigenvalue weighted by atomic mass is 16.6. The number of allylic oxidation sites excluding steroid dienone is 8. The third-order valence-corrected chi connectivity index (χ3v) is 11.2. The summed E-state index contributed by atoms with van der Waals surface area (Å²) < 4.78 is 16.7. The quantitative estimate of drug-likeness (QED) is 0.0263. The molecule has 60 heavy (non-hydrogen) atoms. The molecule has 0 rings (SSSR count). The fourth-order valence-corrected chi connectivity index (χ4v) is 7.34. The summed E-state index contributed by atoms with van der Waals surface area (Å²) in [7, 11) is 0. The van der Waals surface area contributed by atoms with E-state index in [1.54, 1.807) is 0 Å². The van der Waals surface area contributed by atoms with E-state index in [4.69, 9.17) is 14.2 Å². The molecule has 0 radical (unpaired) electrons. The van der Waals surface area contributed by atoms with Crippen molar-refractivity contribution in [3.05, 3.63) is 48.6 Å². The Morgan fingerprint density at radius 3 is 1.02 bits per heavy atom. The lowest BCUT2D eigenvalue weighted by Crippen LogP contribution is -2.30. The van der Waals surface area contributed by atoms with Crippen LogP contribution in [0.15, 0.2) is 48.6 Å². The van der Waals surface area contributed by atoms with Gasteiger partial charge in [-0.15, -0.1) is 0 Å². The first-order valence-electron chi connectivity index (χ1n) is 25.7. The van der Waals surface area contributed by atoms with Crippen LogP contribution in [-0.2, 0) is 28.6 Å². The van der Waals surface area contributed by atoms with E-state index in [0.29, 0.717) is 19.3 Å². The van der Waals surface area contributed by atoms with Gasteiger partial charge in [-0.3, -0.25) is 14.4 Å². The smallest absolute Gasteiger partial charge is 0.306 e. The molecule has 0 saturated heterocycles. The molecule has 0 aliphatic heterocycles. The molecule has 0 bridgehead atoms. The number of rotatable bonds is 46. The summed E-state index contributed by atoms with van der Waals surface area (Å²) in [5, 5.41) is 0. The minimum absolute atomic E-state index is 0.0795. The molecule has 0 aromatic carbocycles. The van der Waals surface area contributed by atoms with Crippen molar-refractivity contribution in [1.29, 1.82) is 0 Å². The van der Waals surface area contributed by atoms with E-state index >= 15 is 0 Å². The van der Waals surface area contributed by atoms with Crippen molar-refractivity contribution in [2.75, 3.05) is 13.2 Å². The van der Waals surface area contributed by atoms with Crippen LogP contribution in [0.25, 0.3) is 0 Å². The van der Waals surface area contributed by atoms with Gasteiger partial charge in [0.15, 0.2) is 6.10 Å². The van der Waals surface area contributed by atoms with Crippen LogP contribution >= 0.6 is 0 Å². The second-order valence-corrected chi connectivity index (χ2v) is 17.2. The van der Waals surface area contributed by atoms with Gasteiger partial charge in [-0.25, -0.2) is 0 Å². The lowest BCUT2D eigenvalue weighted by Gasteiger charge is -2.18. The van der Waals surface area contributed by atoms with Gasteiger partial charge >= 0.3 is 17.9 Å². The topological polar surface area (TPSA) is 78.9 Å². The molecule has 6 heteroatoms. The van der Waals surface area contributed by atoms with Crippen LogP contribution < -0.4 is 0 Å². The maximum atomic E-state index is 12.8. The van der Waals surface area contributed by atoms with Gasteiger partial charge in [0.25, 0.3) is 0 Å². The van der Waals surface area contributed by atoms with Crippen molar-refractivity contribution in [2.45, 2.75) is 264 Å². The number of carbonyl (C=O) groups excluding carboxylic acids is 3. The molecule has 1 unspecified atom stereocenters. The molecule has 6 nitrogen and oxygen atoms in total. The van der Waals surface area contributed by atoms with Crippen LogP contribution in [0, 0.1) is 0 Å². The van der Waals surface area contributed by atoms with Crippen LogP contribution in [0.2, 0.25) is 0 Å². The number of ether oxygens (including phenoxy) is 3. The molecule has 0 N–H and O–H groups in total. The molecule has 0 saturated carbocycles. The number of hydrogen-bond donors (Lipinski definition) is 0. The number of hydrogen-bond acceptors (Lipinski definition) is 6. The zero-order valence-corrected chi connectivity index (χ0v) is 39.7. The first-order valence-corrected chi connectivity index (χ1v) is 25.7. The molecule has 0 aromatic heterocycles. The standard InChI is InChI=1S/C54H96O6/c1-4-7-10-13-16-19-21-23-25-26-27-29-30-32-35-38-41-44-47-53(56)59-50-51(49-58-52(55)46-43-40-37-34-18-15-12-9-6-3)60-54(57)48-45-42-39-36-33-31-28-24-22-20-17-14-11-8-5-2/h8,11,14,17,20,22,24,28,51H,4-7,9-10,12-13,15-16,18-19,21,23,25-27,29-50H2,1-3H3/b11-8-,17-14-,22-20-,28-24-. The first kappa shape index (κ1) is 57.4. The van der Waals surface area contributed by atoms with Crippen molar-refractivity contribution in [3.63, 3.8) is 0 Å².